The lowest BCUT2D eigenvalue weighted by atomic mass is 10.3. The van der Waals surface area contributed by atoms with Gasteiger partial charge in [0.25, 0.3) is 0 Å². The molecule has 0 fully saturated rings. The van der Waals surface area contributed by atoms with Crippen LogP contribution in [-0.4, -0.2) is 41.8 Å². The fourth-order valence-corrected chi connectivity index (χ4v) is 2.20. The zero-order valence-electron chi connectivity index (χ0n) is 14.8. The Balaban J connectivity index is 1.79. The van der Waals surface area contributed by atoms with Crippen molar-refractivity contribution in [3.63, 3.8) is 0 Å². The van der Waals surface area contributed by atoms with Gasteiger partial charge in [-0.2, -0.15) is 4.98 Å². The number of nitrogens with zero attached hydrogens (tertiary/aromatic N) is 3. The maximum Gasteiger partial charge on any atom is 0.228 e. The molecule has 0 saturated heterocycles. The Labute approximate surface area is 152 Å². The first-order chi connectivity index (χ1) is 12.1. The number of halogens is 1. The molecule has 0 spiro atoms. The van der Waals surface area contributed by atoms with Gasteiger partial charge < -0.3 is 19.9 Å². The van der Waals surface area contributed by atoms with E-state index in [1.54, 1.807) is 19.1 Å². The van der Waals surface area contributed by atoms with Gasteiger partial charge in [0.05, 0.1) is 6.54 Å². The molecule has 1 aromatic heterocycles. The normalized spacial score (nSPS) is 12.7. The van der Waals surface area contributed by atoms with E-state index in [9.17, 15) is 0 Å². The number of aliphatic imine (C=N–C) groups is 1. The van der Waals surface area contributed by atoms with E-state index in [0.29, 0.717) is 36.2 Å². The molecule has 2 rings (SSSR count). The summed E-state index contributed by atoms with van der Waals surface area (Å²) in [6, 6.07) is 7.30. The van der Waals surface area contributed by atoms with Crippen molar-refractivity contribution in [2.24, 2.45) is 4.99 Å². The summed E-state index contributed by atoms with van der Waals surface area (Å²) in [5, 5.41) is 10.9. The Morgan fingerprint density at radius 2 is 2.08 bits per heavy atom. The average Bonchev–Trinajstić information content (AvgIpc) is 3.00. The van der Waals surface area contributed by atoms with E-state index in [2.05, 4.69) is 25.8 Å². The molecule has 0 amide bonds. The van der Waals surface area contributed by atoms with Gasteiger partial charge in [-0.25, -0.2) is 4.99 Å². The number of aryl methyl sites for hydroxylation is 1. The second-order valence-corrected chi connectivity index (χ2v) is 5.95. The summed E-state index contributed by atoms with van der Waals surface area (Å²) >= 11 is 5.87. The van der Waals surface area contributed by atoms with E-state index < -0.39 is 0 Å². The van der Waals surface area contributed by atoms with E-state index in [-0.39, 0.29) is 6.10 Å². The third-order valence-electron chi connectivity index (χ3n) is 3.20. The zero-order valence-corrected chi connectivity index (χ0v) is 15.5. The summed E-state index contributed by atoms with van der Waals surface area (Å²) in [5.74, 6) is 2.76. The van der Waals surface area contributed by atoms with Crippen LogP contribution in [0.25, 0.3) is 0 Å². The number of guanidine groups is 1. The van der Waals surface area contributed by atoms with Crippen molar-refractivity contribution in [3.05, 3.63) is 41.0 Å². The van der Waals surface area contributed by atoms with Crippen LogP contribution in [0, 0.1) is 6.92 Å². The highest BCUT2D eigenvalue weighted by Crippen LogP contribution is 2.16. The predicted molar refractivity (Wildman–Crippen MR) is 98.3 cm³/mol. The summed E-state index contributed by atoms with van der Waals surface area (Å²) in [6.07, 6.45) is 0.581. The number of hydrogen-bond donors (Lipinski definition) is 2. The molecule has 1 atom stereocenters. The van der Waals surface area contributed by atoms with Gasteiger partial charge in [0.2, 0.25) is 5.89 Å². The number of rotatable bonds is 8. The van der Waals surface area contributed by atoms with Crippen LogP contribution in [0.15, 0.2) is 33.8 Å². The molecule has 0 saturated carbocycles. The lowest BCUT2D eigenvalue weighted by Crippen LogP contribution is -2.39. The lowest BCUT2D eigenvalue weighted by molar-refractivity contribution is 0.230. The maximum atomic E-state index is 5.87. The SMILES string of the molecule is CCNC(=NCC(C)Oc1ccc(Cl)cc1)NCCc1nc(C)no1. The Hall–Kier alpha value is -2.28. The quantitative estimate of drug-likeness (QED) is 0.552. The van der Waals surface area contributed by atoms with Gasteiger partial charge in [0.1, 0.15) is 11.9 Å². The first kappa shape index (κ1) is 19.1. The lowest BCUT2D eigenvalue weighted by Gasteiger charge is -2.15. The van der Waals surface area contributed by atoms with Crippen LogP contribution in [0.3, 0.4) is 0 Å². The molecular formula is C17H24ClN5O2. The van der Waals surface area contributed by atoms with Gasteiger partial charge in [-0.15, -0.1) is 0 Å². The molecule has 0 aliphatic carbocycles. The van der Waals surface area contributed by atoms with Crippen molar-refractivity contribution >= 4 is 17.6 Å². The molecule has 136 valence electrons. The highest BCUT2D eigenvalue weighted by Gasteiger charge is 2.06. The molecule has 0 aliphatic rings. The smallest absolute Gasteiger partial charge is 0.228 e. The van der Waals surface area contributed by atoms with Gasteiger partial charge in [-0.3, -0.25) is 0 Å². The molecule has 0 aliphatic heterocycles. The van der Waals surface area contributed by atoms with Crippen molar-refractivity contribution in [1.29, 1.82) is 0 Å². The van der Waals surface area contributed by atoms with Crippen LogP contribution in [0.5, 0.6) is 5.75 Å². The predicted octanol–water partition coefficient (Wildman–Crippen LogP) is 2.60. The summed E-state index contributed by atoms with van der Waals surface area (Å²) in [6.45, 7) is 7.75. The van der Waals surface area contributed by atoms with Crippen molar-refractivity contribution < 1.29 is 9.26 Å². The molecule has 7 nitrogen and oxygen atoms in total. The van der Waals surface area contributed by atoms with Crippen LogP contribution in [-0.2, 0) is 6.42 Å². The zero-order chi connectivity index (χ0) is 18.1. The van der Waals surface area contributed by atoms with Crippen molar-refractivity contribution in [1.82, 2.24) is 20.8 Å². The van der Waals surface area contributed by atoms with Gasteiger partial charge in [0.15, 0.2) is 11.8 Å². The van der Waals surface area contributed by atoms with Crippen LogP contribution in [0.4, 0.5) is 0 Å². The molecule has 0 bridgehead atoms. The Kier molecular flexibility index (Phi) is 7.53. The second-order valence-electron chi connectivity index (χ2n) is 5.51. The molecule has 1 aromatic carbocycles. The fourth-order valence-electron chi connectivity index (χ4n) is 2.07. The van der Waals surface area contributed by atoms with E-state index in [1.165, 1.54) is 0 Å². The van der Waals surface area contributed by atoms with Crippen LogP contribution >= 0.6 is 11.6 Å². The minimum absolute atomic E-state index is 0.0600. The van der Waals surface area contributed by atoms with Crippen molar-refractivity contribution in [2.45, 2.75) is 33.3 Å². The highest BCUT2D eigenvalue weighted by atomic mass is 35.5. The number of nitrogens with one attached hydrogen (secondary N) is 2. The molecular weight excluding hydrogens is 342 g/mol. The molecule has 0 radical (unpaired) electrons. The highest BCUT2D eigenvalue weighted by molar-refractivity contribution is 6.30. The first-order valence-corrected chi connectivity index (χ1v) is 8.68. The van der Waals surface area contributed by atoms with E-state index >= 15 is 0 Å². The monoisotopic (exact) mass is 365 g/mol. The van der Waals surface area contributed by atoms with E-state index in [0.717, 1.165) is 18.3 Å². The largest absolute Gasteiger partial charge is 0.489 e. The van der Waals surface area contributed by atoms with Gasteiger partial charge in [-0.05, 0) is 45.0 Å². The van der Waals surface area contributed by atoms with E-state index in [1.807, 2.05) is 26.0 Å². The minimum atomic E-state index is -0.0600. The molecule has 8 heteroatoms. The minimum Gasteiger partial charge on any atom is -0.489 e. The van der Waals surface area contributed by atoms with Gasteiger partial charge in [0, 0.05) is 24.5 Å². The van der Waals surface area contributed by atoms with Gasteiger partial charge >= 0.3 is 0 Å². The number of benzene rings is 1. The fraction of sp³-hybridized carbons (Fsp3) is 0.471. The third-order valence-corrected chi connectivity index (χ3v) is 3.45. The summed E-state index contributed by atoms with van der Waals surface area (Å²) in [4.78, 5) is 8.71. The second kappa shape index (κ2) is 9.88. The Morgan fingerprint density at radius 3 is 2.72 bits per heavy atom. The van der Waals surface area contributed by atoms with Gasteiger partial charge in [-0.1, -0.05) is 16.8 Å². The number of ether oxygens (including phenoxy) is 1. The van der Waals surface area contributed by atoms with E-state index in [4.69, 9.17) is 20.9 Å². The molecule has 1 unspecified atom stereocenters. The third kappa shape index (κ3) is 7.01. The van der Waals surface area contributed by atoms with Crippen molar-refractivity contribution in [3.8, 4) is 5.75 Å². The number of aromatic nitrogens is 2. The summed E-state index contributed by atoms with van der Waals surface area (Å²) in [7, 11) is 0. The standard InChI is InChI=1S/C17H24ClN5O2/c1-4-19-17(20-10-9-16-22-13(3)23-25-16)21-11-12(2)24-15-7-5-14(18)6-8-15/h5-8,12H,4,9-11H2,1-3H3,(H2,19,20,21). The summed E-state index contributed by atoms with van der Waals surface area (Å²) < 4.78 is 10.9. The maximum absolute atomic E-state index is 5.87. The summed E-state index contributed by atoms with van der Waals surface area (Å²) in [5.41, 5.74) is 0. The van der Waals surface area contributed by atoms with Crippen LogP contribution < -0.4 is 15.4 Å². The molecule has 25 heavy (non-hydrogen) atoms. The average molecular weight is 366 g/mol. The van der Waals surface area contributed by atoms with Crippen molar-refractivity contribution in [2.75, 3.05) is 19.6 Å². The number of hydrogen-bond acceptors (Lipinski definition) is 5. The molecule has 2 N–H and O–H groups in total. The van der Waals surface area contributed by atoms with Crippen LogP contribution in [0.1, 0.15) is 25.6 Å². The Morgan fingerprint density at radius 1 is 1.32 bits per heavy atom. The van der Waals surface area contributed by atoms with Crippen LogP contribution in [0.2, 0.25) is 5.02 Å². The molecule has 1 heterocycles. The first-order valence-electron chi connectivity index (χ1n) is 8.30. The topological polar surface area (TPSA) is 84.6 Å². The molecule has 2 aromatic rings. The Bertz CT molecular complexity index is 672.